The molecule has 1 amide bonds. The Morgan fingerprint density at radius 1 is 0.931 bits per heavy atom. The van der Waals surface area contributed by atoms with Crippen LogP contribution in [0.4, 0.5) is 22.9 Å². The van der Waals surface area contributed by atoms with Crippen LogP contribution < -0.4 is 15.5 Å². The summed E-state index contributed by atoms with van der Waals surface area (Å²) in [6.07, 6.45) is 3.07. The second kappa shape index (κ2) is 7.93. The van der Waals surface area contributed by atoms with Crippen molar-refractivity contribution in [3.8, 4) is 0 Å². The molecule has 0 radical (unpaired) electrons. The Kier molecular flexibility index (Phi) is 5.03. The molecular weight excluding hydrogens is 364 g/mol. The summed E-state index contributed by atoms with van der Waals surface area (Å²) in [5.41, 5.74) is 3.61. The predicted octanol–water partition coefficient (Wildman–Crippen LogP) is 4.09. The molecule has 2 aromatic carbocycles. The van der Waals surface area contributed by atoms with Crippen molar-refractivity contribution in [3.63, 3.8) is 0 Å². The molecule has 2 aromatic heterocycles. The van der Waals surface area contributed by atoms with Gasteiger partial charge in [0.2, 0.25) is 0 Å². The zero-order chi connectivity index (χ0) is 20.2. The lowest BCUT2D eigenvalue weighted by molar-refractivity contribution is 0.102. The van der Waals surface area contributed by atoms with Crippen molar-refractivity contribution in [2.24, 2.45) is 0 Å². The number of carbonyl (C=O) groups is 1. The zero-order valence-electron chi connectivity index (χ0n) is 16.1. The Morgan fingerprint density at radius 3 is 2.52 bits per heavy atom. The molecule has 7 nitrogen and oxygen atoms in total. The molecule has 0 atom stereocenters. The number of hydrogen-bond acceptors (Lipinski definition) is 6. The van der Waals surface area contributed by atoms with Crippen LogP contribution in [0.5, 0.6) is 0 Å². The average molecular weight is 384 g/mol. The molecule has 0 saturated carbocycles. The van der Waals surface area contributed by atoms with Gasteiger partial charge in [-0.1, -0.05) is 18.2 Å². The van der Waals surface area contributed by atoms with E-state index in [2.05, 4.69) is 25.6 Å². The van der Waals surface area contributed by atoms with Gasteiger partial charge in [-0.05, 0) is 36.4 Å². The number of anilines is 4. The smallest absolute Gasteiger partial charge is 0.274 e. The number of benzene rings is 2. The summed E-state index contributed by atoms with van der Waals surface area (Å²) in [6, 6.07) is 19.0. The summed E-state index contributed by atoms with van der Waals surface area (Å²) in [4.78, 5) is 27.4. The Bertz CT molecular complexity index is 1150. The summed E-state index contributed by atoms with van der Waals surface area (Å²) in [6.45, 7) is 0. The highest BCUT2D eigenvalue weighted by atomic mass is 16.1. The van der Waals surface area contributed by atoms with Crippen molar-refractivity contribution in [2.45, 2.75) is 0 Å². The Balaban J connectivity index is 1.52. The maximum Gasteiger partial charge on any atom is 0.274 e. The van der Waals surface area contributed by atoms with Gasteiger partial charge < -0.3 is 15.5 Å². The Hall–Kier alpha value is -4.00. The fourth-order valence-corrected chi connectivity index (χ4v) is 2.93. The van der Waals surface area contributed by atoms with E-state index in [0.717, 1.165) is 22.3 Å². The maximum atomic E-state index is 12.7. The molecule has 4 rings (SSSR count). The number of amides is 1. The maximum absolute atomic E-state index is 12.7. The fraction of sp³-hybridized carbons (Fsp3) is 0.0909. The summed E-state index contributed by atoms with van der Waals surface area (Å²) < 4.78 is 0. The van der Waals surface area contributed by atoms with Crippen molar-refractivity contribution in [3.05, 3.63) is 78.9 Å². The number of pyridine rings is 1. The highest BCUT2D eigenvalue weighted by Crippen LogP contribution is 2.22. The minimum atomic E-state index is -0.323. The average Bonchev–Trinajstić information content (AvgIpc) is 2.74. The van der Waals surface area contributed by atoms with Gasteiger partial charge in [0.1, 0.15) is 17.8 Å². The first kappa shape index (κ1) is 18.4. The van der Waals surface area contributed by atoms with E-state index in [4.69, 9.17) is 0 Å². The van der Waals surface area contributed by atoms with E-state index >= 15 is 0 Å². The Labute approximate surface area is 168 Å². The third-order valence-corrected chi connectivity index (χ3v) is 4.44. The number of para-hydroxylation sites is 1. The standard InChI is InChI=1S/C22H20N6O/c1-28(2)17-10-8-16(9-11-17)26-20-13-19(24-14-25-20)22(29)27-18-7-3-5-15-6-4-12-23-21(15)18/h3-14H,1-2H3,(H,27,29)(H,24,25,26). The van der Waals surface area contributed by atoms with E-state index in [0.29, 0.717) is 11.5 Å². The summed E-state index contributed by atoms with van der Waals surface area (Å²) >= 11 is 0. The van der Waals surface area contributed by atoms with Crippen LogP contribution in [-0.2, 0) is 0 Å². The molecule has 7 heteroatoms. The molecule has 0 aliphatic heterocycles. The van der Waals surface area contributed by atoms with Crippen LogP contribution in [0, 0.1) is 0 Å². The summed E-state index contributed by atoms with van der Waals surface area (Å²) in [5, 5.41) is 7.04. The lowest BCUT2D eigenvalue weighted by Crippen LogP contribution is -2.14. The number of rotatable bonds is 5. The van der Waals surface area contributed by atoms with Gasteiger partial charge in [-0.3, -0.25) is 9.78 Å². The number of fused-ring (bicyclic) bond motifs is 1. The molecule has 0 aliphatic carbocycles. The second-order valence-electron chi connectivity index (χ2n) is 6.69. The van der Waals surface area contributed by atoms with E-state index in [1.807, 2.05) is 73.6 Å². The normalized spacial score (nSPS) is 10.6. The molecule has 4 aromatic rings. The van der Waals surface area contributed by atoms with E-state index in [1.54, 1.807) is 12.3 Å². The van der Waals surface area contributed by atoms with Gasteiger partial charge in [-0.2, -0.15) is 0 Å². The highest BCUT2D eigenvalue weighted by molar-refractivity contribution is 6.07. The molecule has 144 valence electrons. The number of hydrogen-bond donors (Lipinski definition) is 2. The molecular formula is C22H20N6O. The zero-order valence-corrected chi connectivity index (χ0v) is 16.1. The number of carbonyl (C=O) groups excluding carboxylic acids is 1. The predicted molar refractivity (Wildman–Crippen MR) is 116 cm³/mol. The van der Waals surface area contributed by atoms with Crippen LogP contribution in [0.1, 0.15) is 10.5 Å². The lowest BCUT2D eigenvalue weighted by Gasteiger charge is -2.13. The molecule has 0 unspecified atom stereocenters. The van der Waals surface area contributed by atoms with Crippen LogP contribution >= 0.6 is 0 Å². The van der Waals surface area contributed by atoms with Gasteiger partial charge in [0.25, 0.3) is 5.91 Å². The van der Waals surface area contributed by atoms with Gasteiger partial charge in [-0.25, -0.2) is 9.97 Å². The van der Waals surface area contributed by atoms with Gasteiger partial charge in [0.05, 0.1) is 11.2 Å². The van der Waals surface area contributed by atoms with Crippen molar-refractivity contribution >= 4 is 39.7 Å². The SMILES string of the molecule is CN(C)c1ccc(Nc2cc(C(=O)Nc3cccc4cccnc34)ncn2)cc1. The van der Waals surface area contributed by atoms with Gasteiger partial charge >= 0.3 is 0 Å². The molecule has 0 bridgehead atoms. The lowest BCUT2D eigenvalue weighted by atomic mass is 10.2. The van der Waals surface area contributed by atoms with Gasteiger partial charge in [0, 0.05) is 43.1 Å². The van der Waals surface area contributed by atoms with E-state index in [-0.39, 0.29) is 11.6 Å². The minimum absolute atomic E-state index is 0.264. The number of nitrogens with zero attached hydrogens (tertiary/aromatic N) is 4. The second-order valence-corrected chi connectivity index (χ2v) is 6.69. The summed E-state index contributed by atoms with van der Waals surface area (Å²) in [7, 11) is 3.98. The molecule has 0 fully saturated rings. The molecule has 0 saturated heterocycles. The van der Waals surface area contributed by atoms with Crippen LogP contribution in [0.2, 0.25) is 0 Å². The van der Waals surface area contributed by atoms with Gasteiger partial charge in [0.15, 0.2) is 0 Å². The molecule has 0 aliphatic rings. The first-order valence-electron chi connectivity index (χ1n) is 9.12. The third kappa shape index (κ3) is 4.14. The molecule has 0 spiro atoms. The Morgan fingerprint density at radius 2 is 1.72 bits per heavy atom. The number of nitrogens with one attached hydrogen (secondary N) is 2. The molecule has 2 N–H and O–H groups in total. The number of aromatic nitrogens is 3. The largest absolute Gasteiger partial charge is 0.378 e. The third-order valence-electron chi connectivity index (χ3n) is 4.44. The van der Waals surface area contributed by atoms with Crippen LogP contribution in [0.3, 0.4) is 0 Å². The molecule has 2 heterocycles. The van der Waals surface area contributed by atoms with E-state index in [1.165, 1.54) is 6.33 Å². The van der Waals surface area contributed by atoms with Gasteiger partial charge in [-0.15, -0.1) is 0 Å². The van der Waals surface area contributed by atoms with Crippen LogP contribution in [0.15, 0.2) is 73.2 Å². The first-order valence-corrected chi connectivity index (χ1v) is 9.12. The first-order chi connectivity index (χ1) is 14.1. The minimum Gasteiger partial charge on any atom is -0.378 e. The van der Waals surface area contributed by atoms with Crippen molar-refractivity contribution < 1.29 is 4.79 Å². The van der Waals surface area contributed by atoms with Crippen molar-refractivity contribution in [1.82, 2.24) is 15.0 Å². The fourth-order valence-electron chi connectivity index (χ4n) is 2.93. The monoisotopic (exact) mass is 384 g/mol. The quantitative estimate of drug-likeness (QED) is 0.539. The van der Waals surface area contributed by atoms with Crippen molar-refractivity contribution in [1.29, 1.82) is 0 Å². The molecule has 29 heavy (non-hydrogen) atoms. The topological polar surface area (TPSA) is 83.0 Å². The van der Waals surface area contributed by atoms with Crippen molar-refractivity contribution in [2.75, 3.05) is 29.6 Å². The highest BCUT2D eigenvalue weighted by Gasteiger charge is 2.12. The summed E-state index contributed by atoms with van der Waals surface area (Å²) in [5.74, 6) is 0.218. The van der Waals surface area contributed by atoms with E-state index in [9.17, 15) is 4.79 Å². The van der Waals surface area contributed by atoms with E-state index < -0.39 is 0 Å². The van der Waals surface area contributed by atoms with Crippen LogP contribution in [-0.4, -0.2) is 35.0 Å². The van der Waals surface area contributed by atoms with Crippen LogP contribution in [0.25, 0.3) is 10.9 Å².